The van der Waals surface area contributed by atoms with Crippen molar-refractivity contribution in [3.05, 3.63) is 87.7 Å². The molecule has 3 aliphatic carbocycles. The van der Waals surface area contributed by atoms with Crippen LogP contribution in [0.3, 0.4) is 0 Å². The summed E-state index contributed by atoms with van der Waals surface area (Å²) in [4.78, 5) is 0. The monoisotopic (exact) mass is 330 g/mol. The summed E-state index contributed by atoms with van der Waals surface area (Å²) in [5.74, 6) is 1.32. The quantitative estimate of drug-likeness (QED) is 0.735. The van der Waals surface area contributed by atoms with E-state index < -0.39 is 0 Å². The van der Waals surface area contributed by atoms with Crippen molar-refractivity contribution >= 4 is 6.08 Å². The van der Waals surface area contributed by atoms with Gasteiger partial charge in [-0.15, -0.1) is 0 Å². The lowest BCUT2D eigenvalue weighted by molar-refractivity contribution is 0.0629. The van der Waals surface area contributed by atoms with Gasteiger partial charge in [-0.1, -0.05) is 56.3 Å². The van der Waals surface area contributed by atoms with Gasteiger partial charge in [-0.2, -0.15) is 0 Å². The molecule has 0 amide bonds. The summed E-state index contributed by atoms with van der Waals surface area (Å²) >= 11 is 0. The van der Waals surface area contributed by atoms with Crippen LogP contribution < -0.4 is 0 Å². The van der Waals surface area contributed by atoms with Gasteiger partial charge < -0.3 is 9.47 Å². The molecule has 25 heavy (non-hydrogen) atoms. The topological polar surface area (TPSA) is 18.5 Å². The van der Waals surface area contributed by atoms with Crippen molar-refractivity contribution in [3.8, 4) is 0 Å². The highest BCUT2D eigenvalue weighted by Gasteiger charge is 2.41. The molecule has 1 fully saturated rings. The Bertz CT molecular complexity index is 921. The van der Waals surface area contributed by atoms with Gasteiger partial charge in [0.2, 0.25) is 0 Å². The lowest BCUT2D eigenvalue weighted by Crippen LogP contribution is -2.25. The third-order valence-electron chi connectivity index (χ3n) is 5.94. The fourth-order valence-corrected chi connectivity index (χ4v) is 4.83. The van der Waals surface area contributed by atoms with Gasteiger partial charge in [0.25, 0.3) is 0 Å². The van der Waals surface area contributed by atoms with Gasteiger partial charge >= 0.3 is 0 Å². The van der Waals surface area contributed by atoms with Crippen LogP contribution in [0, 0.1) is 5.41 Å². The largest absolute Gasteiger partial charge is 0.469 e. The zero-order valence-corrected chi connectivity index (χ0v) is 14.9. The third-order valence-corrected chi connectivity index (χ3v) is 5.94. The van der Waals surface area contributed by atoms with Crippen molar-refractivity contribution in [1.82, 2.24) is 0 Å². The van der Waals surface area contributed by atoms with Crippen LogP contribution in [0.15, 0.2) is 76.6 Å². The van der Waals surface area contributed by atoms with Crippen molar-refractivity contribution in [2.75, 3.05) is 6.79 Å². The highest BCUT2D eigenvalue weighted by atomic mass is 16.7. The smallest absolute Gasteiger partial charge is 0.189 e. The Balaban J connectivity index is 1.58. The number of fused-ring (bicyclic) bond motifs is 3. The van der Waals surface area contributed by atoms with E-state index in [4.69, 9.17) is 9.47 Å². The van der Waals surface area contributed by atoms with Gasteiger partial charge in [0.05, 0.1) is 0 Å². The van der Waals surface area contributed by atoms with E-state index in [-0.39, 0.29) is 11.5 Å². The molecule has 1 aromatic carbocycles. The molecule has 2 unspecified atom stereocenters. The maximum atomic E-state index is 5.71. The second kappa shape index (κ2) is 5.09. The first kappa shape index (κ1) is 15.0. The Labute approximate surface area is 148 Å². The molecule has 0 N–H and O–H groups in total. The summed E-state index contributed by atoms with van der Waals surface area (Å²) in [6, 6.07) is 8.74. The Kier molecular flexibility index (Phi) is 3.05. The van der Waals surface area contributed by atoms with Gasteiger partial charge in [-0.05, 0) is 52.5 Å². The van der Waals surface area contributed by atoms with E-state index in [1.165, 1.54) is 33.4 Å². The summed E-state index contributed by atoms with van der Waals surface area (Å²) in [5.41, 5.74) is 8.13. The molecule has 2 nitrogen and oxygen atoms in total. The number of ether oxygens (including phenoxy) is 2. The van der Waals surface area contributed by atoms with E-state index >= 15 is 0 Å². The molecule has 5 rings (SSSR count). The first-order chi connectivity index (χ1) is 12.1. The molecular formula is C23H22O2. The van der Waals surface area contributed by atoms with Crippen LogP contribution in [-0.2, 0) is 9.47 Å². The zero-order chi connectivity index (χ0) is 17.2. The Hall–Kier alpha value is -2.32. The molecule has 4 aliphatic rings. The van der Waals surface area contributed by atoms with E-state index in [0.717, 1.165) is 5.76 Å². The van der Waals surface area contributed by atoms with Crippen molar-refractivity contribution in [2.24, 2.45) is 5.41 Å². The molecule has 0 saturated carbocycles. The molecule has 2 heteroatoms. The average molecular weight is 330 g/mol. The van der Waals surface area contributed by atoms with E-state index in [9.17, 15) is 0 Å². The number of benzene rings is 1. The SMILES string of the molecule is CC1=C(C(C)(C)C2C=Cc3ccccc32)C2=CC3OCOC3=CC2=C1. The van der Waals surface area contributed by atoms with Crippen LogP contribution in [0.1, 0.15) is 37.8 Å². The third kappa shape index (κ3) is 2.07. The van der Waals surface area contributed by atoms with E-state index in [1.54, 1.807) is 0 Å². The fourth-order valence-electron chi connectivity index (χ4n) is 4.83. The van der Waals surface area contributed by atoms with E-state index in [0.29, 0.717) is 12.7 Å². The number of hydrogen-bond donors (Lipinski definition) is 0. The molecule has 0 radical (unpaired) electrons. The van der Waals surface area contributed by atoms with Crippen LogP contribution in [-0.4, -0.2) is 12.9 Å². The molecule has 0 spiro atoms. The first-order valence-electron chi connectivity index (χ1n) is 8.94. The molecule has 1 heterocycles. The Morgan fingerprint density at radius 1 is 1.12 bits per heavy atom. The molecule has 126 valence electrons. The van der Waals surface area contributed by atoms with Crippen LogP contribution in [0.5, 0.6) is 0 Å². The Morgan fingerprint density at radius 3 is 2.84 bits per heavy atom. The summed E-state index contributed by atoms with van der Waals surface area (Å²) in [5, 5.41) is 0. The van der Waals surface area contributed by atoms with Crippen LogP contribution in [0.4, 0.5) is 0 Å². The van der Waals surface area contributed by atoms with E-state index in [1.807, 2.05) is 0 Å². The molecule has 1 aliphatic heterocycles. The first-order valence-corrected chi connectivity index (χ1v) is 8.94. The second-order valence-corrected chi connectivity index (χ2v) is 7.82. The summed E-state index contributed by atoms with van der Waals surface area (Å²) < 4.78 is 11.3. The standard InChI is InChI=1S/C23H22O2/c1-14-10-16-11-20-21(25-13-24-20)12-18(16)22(14)23(2,3)19-9-8-15-6-4-5-7-17(15)19/h4-12,19,21H,13H2,1-3H3. The van der Waals surface area contributed by atoms with Crippen molar-refractivity contribution in [1.29, 1.82) is 0 Å². The number of rotatable bonds is 2. The van der Waals surface area contributed by atoms with Gasteiger partial charge in [-0.25, -0.2) is 0 Å². The number of hydrogen-bond acceptors (Lipinski definition) is 2. The predicted molar refractivity (Wildman–Crippen MR) is 99.8 cm³/mol. The van der Waals surface area contributed by atoms with Gasteiger partial charge in [0.15, 0.2) is 6.79 Å². The van der Waals surface area contributed by atoms with Crippen LogP contribution >= 0.6 is 0 Å². The van der Waals surface area contributed by atoms with Crippen LogP contribution in [0.25, 0.3) is 6.08 Å². The van der Waals surface area contributed by atoms with Gasteiger partial charge in [-0.3, -0.25) is 0 Å². The molecule has 0 bridgehead atoms. The highest BCUT2D eigenvalue weighted by Crippen LogP contribution is 2.54. The Morgan fingerprint density at radius 2 is 1.96 bits per heavy atom. The minimum Gasteiger partial charge on any atom is -0.469 e. The lowest BCUT2D eigenvalue weighted by atomic mass is 9.67. The second-order valence-electron chi connectivity index (χ2n) is 7.82. The summed E-state index contributed by atoms with van der Waals surface area (Å²) in [7, 11) is 0. The fraction of sp³-hybridized carbons (Fsp3) is 0.304. The van der Waals surface area contributed by atoms with Crippen molar-refractivity contribution in [2.45, 2.75) is 32.8 Å². The molecule has 1 saturated heterocycles. The summed E-state index contributed by atoms with van der Waals surface area (Å²) in [6.07, 6.45) is 11.3. The highest BCUT2D eigenvalue weighted by molar-refractivity contribution is 5.70. The average Bonchev–Trinajstić information content (AvgIpc) is 3.27. The van der Waals surface area contributed by atoms with E-state index in [2.05, 4.69) is 75.4 Å². The van der Waals surface area contributed by atoms with Crippen molar-refractivity contribution in [3.63, 3.8) is 0 Å². The normalized spacial score (nSPS) is 26.6. The summed E-state index contributed by atoms with van der Waals surface area (Å²) in [6.45, 7) is 7.31. The zero-order valence-electron chi connectivity index (χ0n) is 14.9. The molecule has 0 aromatic heterocycles. The van der Waals surface area contributed by atoms with Gasteiger partial charge in [0.1, 0.15) is 11.9 Å². The number of allylic oxidation sites excluding steroid dienone is 7. The minimum atomic E-state index is -0.0322. The molecule has 2 atom stereocenters. The molecule has 1 aromatic rings. The lowest BCUT2D eigenvalue weighted by Gasteiger charge is -2.36. The molecular weight excluding hydrogens is 308 g/mol. The maximum Gasteiger partial charge on any atom is 0.189 e. The maximum absolute atomic E-state index is 5.71. The van der Waals surface area contributed by atoms with Crippen LogP contribution in [0.2, 0.25) is 0 Å². The predicted octanol–water partition coefficient (Wildman–Crippen LogP) is 5.28. The van der Waals surface area contributed by atoms with Crippen molar-refractivity contribution < 1.29 is 9.47 Å². The van der Waals surface area contributed by atoms with Gasteiger partial charge in [0, 0.05) is 11.3 Å². The minimum absolute atomic E-state index is 0.00206.